The maximum atomic E-state index is 14.7. The quantitative estimate of drug-likeness (QED) is 0.123. The third-order valence-corrected chi connectivity index (χ3v) is 10.1. The van der Waals surface area contributed by atoms with Crippen molar-refractivity contribution >= 4 is 61.4 Å². The Bertz CT molecular complexity index is 2790. The van der Waals surface area contributed by atoms with E-state index in [0.717, 1.165) is 41.9 Å². The predicted octanol–water partition coefficient (Wildman–Crippen LogP) is 7.57. The third kappa shape index (κ3) is 9.45. The summed E-state index contributed by atoms with van der Waals surface area (Å²) in [4.78, 5) is 48.6. The molecule has 27 heteroatoms. The fourth-order valence-corrected chi connectivity index (χ4v) is 7.20. The van der Waals surface area contributed by atoms with Gasteiger partial charge in [-0.25, -0.2) is 27.0 Å². The number of hydrogen-bond acceptors (Lipinski definition) is 10. The molecule has 0 unspecified atom stereocenters. The number of ether oxygens (including phenoxy) is 2. The zero-order chi connectivity index (χ0) is 47.6. The molecule has 0 spiro atoms. The molecule has 1 atom stereocenters. The zero-order valence-electron chi connectivity index (χ0n) is 33.0. The lowest BCUT2D eigenvalue weighted by Crippen LogP contribution is -2.62. The summed E-state index contributed by atoms with van der Waals surface area (Å²) in [5, 5.41) is 5.51. The first kappa shape index (κ1) is 48.2. The number of halogens is 12. The van der Waals surface area contributed by atoms with Gasteiger partial charge < -0.3 is 14.8 Å². The van der Waals surface area contributed by atoms with E-state index in [0.29, 0.717) is 27.3 Å². The van der Waals surface area contributed by atoms with Gasteiger partial charge in [0.2, 0.25) is 21.8 Å². The normalized spacial score (nSPS) is 13.6. The summed E-state index contributed by atoms with van der Waals surface area (Å²) in [6.07, 6.45) is -10.3. The van der Waals surface area contributed by atoms with Crippen LogP contribution in [0.5, 0.6) is 5.88 Å². The molecule has 5 aromatic rings. The number of alkyl carbamates (subject to hydrolysis) is 1. The van der Waals surface area contributed by atoms with Crippen molar-refractivity contribution in [1.82, 2.24) is 29.6 Å². The Balaban J connectivity index is 1.82. The predicted molar refractivity (Wildman–Crippen MR) is 201 cm³/mol. The van der Waals surface area contributed by atoms with E-state index in [2.05, 4.69) is 25.1 Å². The molecular weight excluding hydrogens is 919 g/mol. The summed E-state index contributed by atoms with van der Waals surface area (Å²) < 4.78 is 189. The largest absolute Gasteiger partial charge is 0.471 e. The van der Waals surface area contributed by atoms with Crippen LogP contribution in [0.2, 0.25) is 5.02 Å². The highest BCUT2D eigenvalue weighted by Gasteiger charge is 2.82. The lowest BCUT2D eigenvalue weighted by molar-refractivity contribution is -0.398. The molecule has 2 aromatic carbocycles. The summed E-state index contributed by atoms with van der Waals surface area (Å²) in [5.74, 6) is -26.3. The second-order valence-electron chi connectivity index (χ2n) is 14.8. The SMILES string of the molecule is CC(=O)N(c1nn(C)c2c(-n3c([C@H](Cc4cc(F)cc(F)c4)OC(=O)NC(C)(C)C)nc4nc(OCC(F)(F)C(F)(F)C(F)(F)C(F)(F)F)ccc4c3=O)ccc(Cl)c12)S(C)(=O)=O. The van der Waals surface area contributed by atoms with E-state index in [1.54, 1.807) is 0 Å². The number of rotatable bonds is 12. The number of aromatic nitrogens is 5. The highest BCUT2D eigenvalue weighted by Crippen LogP contribution is 2.53. The minimum Gasteiger partial charge on any atom is -0.471 e. The summed E-state index contributed by atoms with van der Waals surface area (Å²) in [5.41, 5.74) is -3.85. The van der Waals surface area contributed by atoms with Gasteiger partial charge in [-0.3, -0.25) is 18.8 Å². The van der Waals surface area contributed by atoms with Crippen LogP contribution < -0.4 is 19.9 Å². The molecule has 3 heterocycles. The van der Waals surface area contributed by atoms with Gasteiger partial charge in [0.25, 0.3) is 5.56 Å². The van der Waals surface area contributed by atoms with Crippen molar-refractivity contribution in [2.24, 2.45) is 7.05 Å². The molecule has 63 heavy (non-hydrogen) atoms. The fourth-order valence-electron chi connectivity index (χ4n) is 6.05. The van der Waals surface area contributed by atoms with Crippen LogP contribution in [0.3, 0.4) is 0 Å². The highest BCUT2D eigenvalue weighted by atomic mass is 35.5. The van der Waals surface area contributed by atoms with Crippen molar-refractivity contribution in [2.75, 3.05) is 17.2 Å². The van der Waals surface area contributed by atoms with Gasteiger partial charge in [0.15, 0.2) is 30.0 Å². The second kappa shape index (κ2) is 16.4. The number of carbonyl (C=O) groups excluding carboxylic acids is 2. The van der Waals surface area contributed by atoms with E-state index in [-0.39, 0.29) is 27.2 Å². The second-order valence-corrected chi connectivity index (χ2v) is 17.0. The van der Waals surface area contributed by atoms with E-state index in [1.807, 2.05) is 0 Å². The van der Waals surface area contributed by atoms with Crippen LogP contribution in [0.1, 0.15) is 45.2 Å². The first-order valence-electron chi connectivity index (χ1n) is 17.6. The molecule has 0 bridgehead atoms. The number of benzene rings is 2. The molecule has 14 nitrogen and oxygen atoms in total. The maximum Gasteiger partial charge on any atom is 0.460 e. The Labute approximate surface area is 352 Å². The third-order valence-electron chi connectivity index (χ3n) is 8.65. The molecule has 2 amide bonds. The Morgan fingerprint density at radius 3 is 2.06 bits per heavy atom. The molecule has 0 aliphatic heterocycles. The number of fused-ring (bicyclic) bond motifs is 2. The molecule has 342 valence electrons. The first-order valence-corrected chi connectivity index (χ1v) is 19.8. The summed E-state index contributed by atoms with van der Waals surface area (Å²) in [7, 11) is -3.17. The number of anilines is 1. The molecule has 3 aromatic heterocycles. The molecule has 0 saturated heterocycles. The van der Waals surface area contributed by atoms with E-state index in [4.69, 9.17) is 16.3 Å². The number of aryl methyl sites for hydroxylation is 1. The van der Waals surface area contributed by atoms with Gasteiger partial charge in [-0.1, -0.05) is 11.6 Å². The van der Waals surface area contributed by atoms with Gasteiger partial charge in [0.1, 0.15) is 11.6 Å². The minimum atomic E-state index is -7.24. The van der Waals surface area contributed by atoms with Crippen LogP contribution in [0.15, 0.2) is 47.3 Å². The van der Waals surface area contributed by atoms with Crippen molar-refractivity contribution < 1.29 is 75.8 Å². The average molecular weight is 950 g/mol. The van der Waals surface area contributed by atoms with Crippen molar-refractivity contribution in [3.63, 3.8) is 0 Å². The van der Waals surface area contributed by atoms with Crippen LogP contribution in [-0.4, -0.2) is 87.1 Å². The zero-order valence-corrected chi connectivity index (χ0v) is 34.6. The smallest absolute Gasteiger partial charge is 0.460 e. The maximum absolute atomic E-state index is 14.7. The van der Waals surface area contributed by atoms with Crippen LogP contribution in [0, 0.1) is 11.6 Å². The van der Waals surface area contributed by atoms with Crippen LogP contribution >= 0.6 is 11.6 Å². The highest BCUT2D eigenvalue weighted by molar-refractivity contribution is 7.92. The van der Waals surface area contributed by atoms with Crippen molar-refractivity contribution in [1.29, 1.82) is 0 Å². The van der Waals surface area contributed by atoms with E-state index in [1.165, 1.54) is 27.8 Å². The van der Waals surface area contributed by atoms with Gasteiger partial charge in [0.05, 0.1) is 33.3 Å². The number of nitrogens with zero attached hydrogens (tertiary/aromatic N) is 6. The summed E-state index contributed by atoms with van der Waals surface area (Å²) in [6.45, 7) is 2.64. The van der Waals surface area contributed by atoms with Gasteiger partial charge in [-0.15, -0.1) is 0 Å². The van der Waals surface area contributed by atoms with Crippen LogP contribution in [-0.2, 0) is 33.0 Å². The average Bonchev–Trinajstić information content (AvgIpc) is 3.44. The number of amides is 2. The van der Waals surface area contributed by atoms with E-state index >= 15 is 0 Å². The summed E-state index contributed by atoms with van der Waals surface area (Å²) in [6, 6.07) is 5.69. The number of sulfonamides is 1. The number of hydrogen-bond donors (Lipinski definition) is 1. The molecule has 0 aliphatic carbocycles. The topological polar surface area (TPSA) is 168 Å². The van der Waals surface area contributed by atoms with Gasteiger partial charge in [0, 0.05) is 38.1 Å². The Hall–Kier alpha value is -5.79. The first-order chi connectivity index (χ1) is 28.7. The van der Waals surface area contributed by atoms with E-state index in [9.17, 15) is 71.1 Å². The number of alkyl halides is 9. The molecular formula is C36H31ClF11N7O7S. The lowest BCUT2D eigenvalue weighted by Gasteiger charge is -2.33. The van der Waals surface area contributed by atoms with Crippen molar-refractivity contribution in [3.05, 3.63) is 80.9 Å². The van der Waals surface area contributed by atoms with Gasteiger partial charge >= 0.3 is 30.0 Å². The fraction of sp³-hybridized carbons (Fsp3) is 0.389. The monoisotopic (exact) mass is 949 g/mol. The Kier molecular flexibility index (Phi) is 12.6. The van der Waals surface area contributed by atoms with Gasteiger partial charge in [-0.05, 0) is 56.7 Å². The molecule has 0 fully saturated rings. The molecule has 5 rings (SSSR count). The molecule has 1 N–H and O–H groups in total. The van der Waals surface area contributed by atoms with Crippen molar-refractivity contribution in [3.8, 4) is 11.6 Å². The van der Waals surface area contributed by atoms with Crippen LogP contribution in [0.4, 0.5) is 58.9 Å². The Morgan fingerprint density at radius 1 is 0.921 bits per heavy atom. The molecule has 0 radical (unpaired) electrons. The Morgan fingerprint density at radius 2 is 1.52 bits per heavy atom. The van der Waals surface area contributed by atoms with Crippen LogP contribution in [0.25, 0.3) is 27.6 Å². The summed E-state index contributed by atoms with van der Waals surface area (Å²) >= 11 is 6.53. The lowest BCUT2D eigenvalue weighted by atomic mass is 10.0. The number of carbonyl (C=O) groups is 2. The number of pyridine rings is 1. The van der Waals surface area contributed by atoms with E-state index < -0.39 is 116 Å². The molecule has 0 saturated carbocycles. The minimum absolute atomic E-state index is 0.210. The van der Waals surface area contributed by atoms with Gasteiger partial charge in [-0.2, -0.15) is 53.9 Å². The number of nitrogens with one attached hydrogen (secondary N) is 1. The van der Waals surface area contributed by atoms with Crippen molar-refractivity contribution in [2.45, 2.75) is 69.7 Å². The standard InChI is InChI=1S/C36H31ClF11N7O7S/c1-16(56)55(63(6,59)60)29-25-21(37)8-9-22(26(25)53(5)52-29)54-28(23(62-31(58)51-32(2,3)4)13-17-11-18(38)14-19(39)12-17)50-27-20(30(54)57)7-10-24(49-27)61-15-33(40,41)34(42,43)35(44,45)36(46,47)48/h7-12,14,23H,13,15H2,1-6H3,(H,51,58)/t23-/m0/s1. The molecule has 0 aliphatic rings.